The first-order chi connectivity index (χ1) is 7.86. The molecule has 0 amide bonds. The van der Waals surface area contributed by atoms with Crippen LogP contribution in [-0.4, -0.2) is 23.3 Å². The minimum absolute atomic E-state index is 0.215. The number of nitrogens with one attached hydrogen (secondary N) is 2. The van der Waals surface area contributed by atoms with Crippen LogP contribution < -0.4 is 5.32 Å². The van der Waals surface area contributed by atoms with Crippen molar-refractivity contribution in [3.05, 3.63) is 35.8 Å². The topological polar surface area (TPSA) is 40.7 Å². The largest absolute Gasteiger partial charge is 0.312 e. The van der Waals surface area contributed by atoms with Gasteiger partial charge in [-0.2, -0.15) is 5.10 Å². The van der Waals surface area contributed by atoms with Crippen molar-refractivity contribution in [2.75, 3.05) is 13.1 Å². The van der Waals surface area contributed by atoms with Crippen LogP contribution in [-0.2, 0) is 0 Å². The van der Waals surface area contributed by atoms with Crippen LogP contribution in [0.4, 0.5) is 4.39 Å². The number of hydrogen-bond donors (Lipinski definition) is 2. The number of fused-ring (bicyclic) bond motifs is 1. The summed E-state index contributed by atoms with van der Waals surface area (Å²) in [5.74, 6) is -0.215. The third-order valence-corrected chi connectivity index (χ3v) is 2.87. The zero-order chi connectivity index (χ0) is 11.0. The second-order valence-corrected chi connectivity index (χ2v) is 3.93. The van der Waals surface area contributed by atoms with E-state index in [0.717, 1.165) is 36.3 Å². The molecule has 16 heavy (non-hydrogen) atoms. The number of benzene rings is 1. The molecular formula is C12H12FN3. The molecule has 1 aromatic carbocycles. The number of halogens is 1. The second kappa shape index (κ2) is 3.72. The number of aromatic nitrogens is 2. The third-order valence-electron chi connectivity index (χ3n) is 2.87. The van der Waals surface area contributed by atoms with Crippen molar-refractivity contribution in [2.24, 2.45) is 0 Å². The summed E-state index contributed by atoms with van der Waals surface area (Å²) in [7, 11) is 0. The molecule has 3 rings (SSSR count). The highest BCUT2D eigenvalue weighted by molar-refractivity contribution is 5.91. The van der Waals surface area contributed by atoms with E-state index in [2.05, 4.69) is 21.6 Å². The highest BCUT2D eigenvalue weighted by Crippen LogP contribution is 2.25. The lowest BCUT2D eigenvalue weighted by Crippen LogP contribution is -2.21. The molecular weight excluding hydrogens is 205 g/mol. The molecule has 82 valence electrons. The summed E-state index contributed by atoms with van der Waals surface area (Å²) in [5.41, 5.74) is 2.56. The van der Waals surface area contributed by atoms with E-state index in [0.29, 0.717) is 5.39 Å². The number of H-pyrrole nitrogens is 1. The predicted molar refractivity (Wildman–Crippen MR) is 61.5 cm³/mol. The van der Waals surface area contributed by atoms with Crippen molar-refractivity contribution in [1.29, 1.82) is 0 Å². The van der Waals surface area contributed by atoms with E-state index in [4.69, 9.17) is 0 Å². The highest BCUT2D eigenvalue weighted by Gasteiger charge is 2.15. The minimum Gasteiger partial charge on any atom is -0.312 e. The van der Waals surface area contributed by atoms with Crippen molar-refractivity contribution in [1.82, 2.24) is 15.5 Å². The molecule has 3 nitrogen and oxygen atoms in total. The van der Waals surface area contributed by atoms with E-state index >= 15 is 0 Å². The van der Waals surface area contributed by atoms with Gasteiger partial charge in [0, 0.05) is 6.54 Å². The smallest absolute Gasteiger partial charge is 0.134 e. The van der Waals surface area contributed by atoms with Crippen molar-refractivity contribution in [3.63, 3.8) is 0 Å². The molecule has 0 fully saturated rings. The number of aromatic amines is 1. The van der Waals surface area contributed by atoms with Crippen LogP contribution in [0.2, 0.25) is 0 Å². The van der Waals surface area contributed by atoms with Crippen molar-refractivity contribution < 1.29 is 4.39 Å². The zero-order valence-electron chi connectivity index (χ0n) is 8.76. The lowest BCUT2D eigenvalue weighted by Gasteiger charge is -2.12. The summed E-state index contributed by atoms with van der Waals surface area (Å²) in [4.78, 5) is 0. The first kappa shape index (κ1) is 9.54. The first-order valence-electron chi connectivity index (χ1n) is 5.39. The Hall–Kier alpha value is -1.68. The van der Waals surface area contributed by atoms with Gasteiger partial charge in [0.2, 0.25) is 0 Å². The Morgan fingerprint density at radius 3 is 3.06 bits per heavy atom. The van der Waals surface area contributed by atoms with Crippen LogP contribution in [0, 0.1) is 5.82 Å². The summed E-state index contributed by atoms with van der Waals surface area (Å²) in [6, 6.07) is 5.00. The van der Waals surface area contributed by atoms with E-state index in [1.807, 2.05) is 6.07 Å². The van der Waals surface area contributed by atoms with Gasteiger partial charge in [0.05, 0.1) is 16.6 Å². The van der Waals surface area contributed by atoms with E-state index in [1.165, 1.54) is 6.07 Å². The number of rotatable bonds is 1. The zero-order valence-corrected chi connectivity index (χ0v) is 8.76. The van der Waals surface area contributed by atoms with E-state index < -0.39 is 0 Å². The molecule has 0 atom stereocenters. The van der Waals surface area contributed by atoms with Gasteiger partial charge in [0.15, 0.2) is 0 Å². The highest BCUT2D eigenvalue weighted by atomic mass is 19.1. The van der Waals surface area contributed by atoms with Crippen molar-refractivity contribution >= 4 is 16.5 Å². The summed E-state index contributed by atoms with van der Waals surface area (Å²) in [5, 5.41) is 10.9. The summed E-state index contributed by atoms with van der Waals surface area (Å²) < 4.78 is 13.7. The Kier molecular flexibility index (Phi) is 2.22. The maximum Gasteiger partial charge on any atom is 0.134 e. The fourth-order valence-electron chi connectivity index (χ4n) is 2.09. The molecule has 4 heteroatoms. The van der Waals surface area contributed by atoms with Crippen molar-refractivity contribution in [3.8, 4) is 0 Å². The van der Waals surface area contributed by atoms with Crippen LogP contribution in [0.3, 0.4) is 0 Å². The van der Waals surface area contributed by atoms with Crippen molar-refractivity contribution in [2.45, 2.75) is 6.42 Å². The fourth-order valence-corrected chi connectivity index (χ4v) is 2.09. The summed E-state index contributed by atoms with van der Waals surface area (Å²) in [6.07, 6.45) is 3.09. The average molecular weight is 217 g/mol. The molecule has 1 aliphatic heterocycles. The molecule has 0 spiro atoms. The molecule has 2 aromatic rings. The summed E-state index contributed by atoms with van der Waals surface area (Å²) in [6.45, 7) is 1.74. The Morgan fingerprint density at radius 1 is 1.31 bits per heavy atom. The Bertz CT molecular complexity index is 556. The van der Waals surface area contributed by atoms with E-state index in [1.54, 1.807) is 6.07 Å². The first-order valence-corrected chi connectivity index (χ1v) is 5.39. The molecule has 0 unspecified atom stereocenters. The van der Waals surface area contributed by atoms with Gasteiger partial charge in [-0.05, 0) is 30.7 Å². The van der Waals surface area contributed by atoms with Crippen LogP contribution in [0.1, 0.15) is 12.1 Å². The van der Waals surface area contributed by atoms with Gasteiger partial charge in [0.25, 0.3) is 0 Å². The molecule has 1 aromatic heterocycles. The van der Waals surface area contributed by atoms with E-state index in [9.17, 15) is 4.39 Å². The van der Waals surface area contributed by atoms with Crippen LogP contribution >= 0.6 is 0 Å². The maximum absolute atomic E-state index is 13.7. The number of nitrogens with zero attached hydrogens (tertiary/aromatic N) is 1. The minimum atomic E-state index is -0.215. The second-order valence-electron chi connectivity index (χ2n) is 3.93. The molecule has 2 N–H and O–H groups in total. The molecule has 2 heterocycles. The third kappa shape index (κ3) is 1.42. The normalized spacial score (nSPS) is 16.4. The fraction of sp³-hybridized carbons (Fsp3) is 0.250. The molecule has 0 saturated carbocycles. The molecule has 1 aliphatic rings. The lowest BCUT2D eigenvalue weighted by atomic mass is 10.0. The number of hydrogen-bond acceptors (Lipinski definition) is 2. The molecule has 0 bridgehead atoms. The Morgan fingerprint density at radius 2 is 2.25 bits per heavy atom. The van der Waals surface area contributed by atoms with Crippen LogP contribution in [0.15, 0.2) is 24.3 Å². The maximum atomic E-state index is 13.7. The van der Waals surface area contributed by atoms with Gasteiger partial charge in [0.1, 0.15) is 5.82 Å². The van der Waals surface area contributed by atoms with Gasteiger partial charge in [-0.25, -0.2) is 4.39 Å². The van der Waals surface area contributed by atoms with Crippen LogP contribution in [0.25, 0.3) is 16.5 Å². The Balaban J connectivity index is 2.20. The van der Waals surface area contributed by atoms with Crippen LogP contribution in [0.5, 0.6) is 0 Å². The quantitative estimate of drug-likeness (QED) is 0.767. The van der Waals surface area contributed by atoms with Gasteiger partial charge in [-0.15, -0.1) is 0 Å². The standard InChI is InChI=1S/C12H12FN3/c13-9-4-1-5-10-11(9)12(16-15-10)8-3-2-6-14-7-8/h1,3-5,14H,2,6-7H2,(H,15,16). The van der Waals surface area contributed by atoms with Gasteiger partial charge >= 0.3 is 0 Å². The molecule has 0 saturated heterocycles. The van der Waals surface area contributed by atoms with Gasteiger partial charge in [-0.3, -0.25) is 5.10 Å². The van der Waals surface area contributed by atoms with E-state index in [-0.39, 0.29) is 5.82 Å². The monoisotopic (exact) mass is 217 g/mol. The van der Waals surface area contributed by atoms with Gasteiger partial charge in [-0.1, -0.05) is 12.1 Å². The lowest BCUT2D eigenvalue weighted by molar-refractivity contribution is 0.639. The average Bonchev–Trinajstić information content (AvgIpc) is 2.75. The van der Waals surface area contributed by atoms with Gasteiger partial charge < -0.3 is 5.32 Å². The predicted octanol–water partition coefficient (Wildman–Crippen LogP) is 2.08. The SMILES string of the molecule is Fc1cccc2[nH]nc(C3=CCCNC3)c12. The molecule has 0 aliphatic carbocycles. The molecule has 0 radical (unpaired) electrons. The Labute approximate surface area is 92.4 Å². The summed E-state index contributed by atoms with van der Waals surface area (Å²) >= 11 is 0.